The van der Waals surface area contributed by atoms with Crippen molar-refractivity contribution >= 4 is 51.9 Å². The van der Waals surface area contributed by atoms with Crippen molar-refractivity contribution in [3.63, 3.8) is 0 Å². The van der Waals surface area contributed by atoms with Crippen LogP contribution in [0.5, 0.6) is 0 Å². The van der Waals surface area contributed by atoms with Gasteiger partial charge in [0, 0.05) is 5.69 Å². The van der Waals surface area contributed by atoms with Crippen LogP contribution in [0.25, 0.3) is 10.7 Å². The van der Waals surface area contributed by atoms with Crippen LogP contribution in [0.4, 0.5) is 5.69 Å². The second-order valence-electron chi connectivity index (χ2n) is 5.21. The van der Waals surface area contributed by atoms with E-state index in [9.17, 15) is 4.79 Å². The third kappa shape index (κ3) is 5.03. The molecule has 0 bridgehead atoms. The molecule has 10 heteroatoms. The van der Waals surface area contributed by atoms with Gasteiger partial charge in [-0.3, -0.25) is 0 Å². The summed E-state index contributed by atoms with van der Waals surface area (Å²) in [5.41, 5.74) is 0.869. The molecule has 0 atom stereocenters. The number of rotatable bonds is 6. The molecule has 0 aliphatic rings. The van der Waals surface area contributed by atoms with Crippen LogP contribution in [0.1, 0.15) is 23.2 Å². The zero-order valence-electron chi connectivity index (χ0n) is 14.2. The SMILES string of the molecule is CCOC(=O)c1cc(NC(=S)NCc2nc(-c3cccs3)no2)ccc1Cl. The van der Waals surface area contributed by atoms with Gasteiger partial charge < -0.3 is 19.9 Å². The van der Waals surface area contributed by atoms with Crippen LogP contribution in [-0.4, -0.2) is 27.8 Å². The predicted molar refractivity (Wildman–Crippen MR) is 108 cm³/mol. The summed E-state index contributed by atoms with van der Waals surface area (Å²) in [6.45, 7) is 2.27. The first-order valence-electron chi connectivity index (χ1n) is 7.94. The number of esters is 1. The normalized spacial score (nSPS) is 10.4. The average Bonchev–Trinajstić information content (AvgIpc) is 3.33. The number of thiocarbonyl (C=S) groups is 1. The van der Waals surface area contributed by atoms with Gasteiger partial charge in [-0.1, -0.05) is 22.8 Å². The molecule has 0 radical (unpaired) electrons. The molecule has 0 spiro atoms. The summed E-state index contributed by atoms with van der Waals surface area (Å²) in [5, 5.41) is 12.5. The van der Waals surface area contributed by atoms with E-state index in [4.69, 9.17) is 33.1 Å². The summed E-state index contributed by atoms with van der Waals surface area (Å²) in [7, 11) is 0. The summed E-state index contributed by atoms with van der Waals surface area (Å²) in [5.74, 6) is 0.459. The van der Waals surface area contributed by atoms with Crippen molar-refractivity contribution in [1.82, 2.24) is 15.5 Å². The highest BCUT2D eigenvalue weighted by Crippen LogP contribution is 2.22. The largest absolute Gasteiger partial charge is 0.462 e. The minimum atomic E-state index is -0.489. The summed E-state index contributed by atoms with van der Waals surface area (Å²) >= 11 is 12.8. The van der Waals surface area contributed by atoms with Gasteiger partial charge >= 0.3 is 5.97 Å². The fourth-order valence-corrected chi connectivity index (χ4v) is 3.17. The van der Waals surface area contributed by atoms with E-state index >= 15 is 0 Å². The molecule has 2 aromatic heterocycles. The molecule has 140 valence electrons. The molecule has 2 N–H and O–H groups in total. The monoisotopic (exact) mass is 422 g/mol. The third-order valence-corrected chi connectivity index (χ3v) is 4.77. The molecule has 1 aromatic carbocycles. The number of hydrogen-bond donors (Lipinski definition) is 2. The van der Waals surface area contributed by atoms with Crippen molar-refractivity contribution < 1.29 is 14.1 Å². The minimum absolute atomic E-state index is 0.266. The number of aromatic nitrogens is 2. The van der Waals surface area contributed by atoms with Gasteiger partial charge in [0.05, 0.1) is 28.6 Å². The second-order valence-corrected chi connectivity index (χ2v) is 6.97. The summed E-state index contributed by atoms with van der Waals surface area (Å²) in [4.78, 5) is 17.1. The molecule has 0 saturated heterocycles. The predicted octanol–water partition coefficient (Wildman–Crippen LogP) is 4.11. The maximum absolute atomic E-state index is 11.9. The van der Waals surface area contributed by atoms with Crippen molar-refractivity contribution in [2.24, 2.45) is 0 Å². The topological polar surface area (TPSA) is 89.3 Å². The number of nitrogens with one attached hydrogen (secondary N) is 2. The van der Waals surface area contributed by atoms with Gasteiger partial charge in [-0.05, 0) is 48.8 Å². The van der Waals surface area contributed by atoms with Crippen LogP contribution in [0.3, 0.4) is 0 Å². The lowest BCUT2D eigenvalue weighted by Crippen LogP contribution is -2.28. The Morgan fingerprint density at radius 2 is 2.26 bits per heavy atom. The lowest BCUT2D eigenvalue weighted by Gasteiger charge is -2.11. The fraction of sp³-hybridized carbons (Fsp3) is 0.176. The van der Waals surface area contributed by atoms with E-state index in [0.29, 0.717) is 27.5 Å². The maximum atomic E-state index is 11.9. The molecule has 3 aromatic rings. The number of anilines is 1. The molecule has 0 saturated carbocycles. The summed E-state index contributed by atoms with van der Waals surface area (Å²) in [6.07, 6.45) is 0. The van der Waals surface area contributed by atoms with Crippen molar-refractivity contribution in [3.05, 3.63) is 52.2 Å². The second kappa shape index (κ2) is 8.94. The zero-order chi connectivity index (χ0) is 19.2. The molecular weight excluding hydrogens is 408 g/mol. The third-order valence-electron chi connectivity index (χ3n) is 3.33. The van der Waals surface area contributed by atoms with Crippen molar-refractivity contribution in [3.8, 4) is 10.7 Å². The van der Waals surface area contributed by atoms with Gasteiger partial charge in [-0.2, -0.15) is 4.98 Å². The Morgan fingerprint density at radius 3 is 3.00 bits per heavy atom. The van der Waals surface area contributed by atoms with Gasteiger partial charge in [0.15, 0.2) is 5.11 Å². The molecular formula is C17H15ClN4O3S2. The Hall–Kier alpha value is -2.49. The molecule has 0 amide bonds. The van der Waals surface area contributed by atoms with E-state index in [-0.39, 0.29) is 18.7 Å². The number of carbonyl (C=O) groups is 1. The zero-order valence-corrected chi connectivity index (χ0v) is 16.6. The molecule has 2 heterocycles. The van der Waals surface area contributed by atoms with Gasteiger partial charge in [0.2, 0.25) is 11.7 Å². The number of hydrogen-bond acceptors (Lipinski definition) is 7. The number of thiophene rings is 1. The Labute approximate surface area is 169 Å². The Kier molecular flexibility index (Phi) is 6.38. The number of carbonyl (C=O) groups excluding carboxylic acids is 1. The summed E-state index contributed by atoms with van der Waals surface area (Å²) < 4.78 is 10.2. The van der Waals surface area contributed by atoms with E-state index < -0.39 is 5.97 Å². The highest BCUT2D eigenvalue weighted by molar-refractivity contribution is 7.80. The molecule has 0 fully saturated rings. The summed E-state index contributed by atoms with van der Waals surface area (Å²) in [6, 6.07) is 8.73. The smallest absolute Gasteiger partial charge is 0.339 e. The van der Waals surface area contributed by atoms with Crippen LogP contribution in [0.2, 0.25) is 5.02 Å². The van der Waals surface area contributed by atoms with Crippen LogP contribution in [-0.2, 0) is 11.3 Å². The van der Waals surface area contributed by atoms with Crippen molar-refractivity contribution in [1.29, 1.82) is 0 Å². The van der Waals surface area contributed by atoms with Gasteiger partial charge in [-0.15, -0.1) is 11.3 Å². The molecule has 7 nitrogen and oxygen atoms in total. The molecule has 3 rings (SSSR count). The van der Waals surface area contributed by atoms with E-state index in [1.165, 1.54) is 11.3 Å². The van der Waals surface area contributed by atoms with Gasteiger partial charge in [-0.25, -0.2) is 4.79 Å². The van der Waals surface area contributed by atoms with E-state index in [0.717, 1.165) is 4.88 Å². The molecule has 0 unspecified atom stereocenters. The first-order chi connectivity index (χ1) is 13.1. The van der Waals surface area contributed by atoms with Crippen LogP contribution in [0, 0.1) is 0 Å². The number of benzene rings is 1. The maximum Gasteiger partial charge on any atom is 0.339 e. The quantitative estimate of drug-likeness (QED) is 0.453. The van der Waals surface area contributed by atoms with E-state index in [1.54, 1.807) is 25.1 Å². The standard InChI is InChI=1S/C17H15ClN4O3S2/c1-2-24-16(23)11-8-10(5-6-12(11)18)20-17(26)19-9-14-21-15(22-25-14)13-4-3-7-27-13/h3-8H,2,9H2,1H3,(H2,19,20,26). The number of halogens is 1. The molecule has 0 aliphatic carbocycles. The highest BCUT2D eigenvalue weighted by atomic mass is 35.5. The Balaban J connectivity index is 1.58. The van der Waals surface area contributed by atoms with E-state index in [1.807, 2.05) is 17.5 Å². The van der Waals surface area contributed by atoms with Crippen molar-refractivity contribution in [2.45, 2.75) is 13.5 Å². The van der Waals surface area contributed by atoms with Crippen LogP contribution in [0.15, 0.2) is 40.2 Å². The average molecular weight is 423 g/mol. The Bertz CT molecular complexity index is 944. The minimum Gasteiger partial charge on any atom is -0.462 e. The fourth-order valence-electron chi connectivity index (χ4n) is 2.13. The van der Waals surface area contributed by atoms with Crippen molar-refractivity contribution in [2.75, 3.05) is 11.9 Å². The van der Waals surface area contributed by atoms with Crippen LogP contribution < -0.4 is 10.6 Å². The lowest BCUT2D eigenvalue weighted by atomic mass is 10.2. The lowest BCUT2D eigenvalue weighted by molar-refractivity contribution is 0.0526. The van der Waals surface area contributed by atoms with E-state index in [2.05, 4.69) is 20.8 Å². The number of ether oxygens (including phenoxy) is 1. The molecule has 0 aliphatic heterocycles. The van der Waals surface area contributed by atoms with Crippen LogP contribution >= 0.6 is 35.2 Å². The van der Waals surface area contributed by atoms with Gasteiger partial charge in [0.25, 0.3) is 0 Å². The molecule has 27 heavy (non-hydrogen) atoms. The first kappa shape index (κ1) is 19.3. The Morgan fingerprint density at radius 1 is 1.41 bits per heavy atom. The number of nitrogens with zero attached hydrogens (tertiary/aromatic N) is 2. The van der Waals surface area contributed by atoms with Gasteiger partial charge in [0.1, 0.15) is 0 Å². The first-order valence-corrected chi connectivity index (χ1v) is 9.61. The highest BCUT2D eigenvalue weighted by Gasteiger charge is 2.13.